The van der Waals surface area contributed by atoms with Crippen LogP contribution in [0.1, 0.15) is 41.4 Å². The van der Waals surface area contributed by atoms with Gasteiger partial charge in [0.25, 0.3) is 10.0 Å². The van der Waals surface area contributed by atoms with E-state index in [-0.39, 0.29) is 38.6 Å². The molecule has 0 aliphatic rings. The lowest BCUT2D eigenvalue weighted by Gasteiger charge is -2.12. The van der Waals surface area contributed by atoms with Crippen LogP contribution in [0.25, 0.3) is 11.0 Å². The van der Waals surface area contributed by atoms with E-state index in [4.69, 9.17) is 17.3 Å². The second kappa shape index (κ2) is 8.49. The fourth-order valence-corrected chi connectivity index (χ4v) is 5.08. The molecular weight excluding hydrogens is 462 g/mol. The summed E-state index contributed by atoms with van der Waals surface area (Å²) in [6, 6.07) is 11.1. The molecule has 4 rings (SSSR count). The Labute approximate surface area is 196 Å². The number of anilines is 2. The van der Waals surface area contributed by atoms with E-state index >= 15 is 0 Å². The summed E-state index contributed by atoms with van der Waals surface area (Å²) in [5.74, 6) is -0.238. The van der Waals surface area contributed by atoms with Gasteiger partial charge in [0.1, 0.15) is 17.8 Å². The first-order valence-corrected chi connectivity index (χ1v) is 12.0. The quantitative estimate of drug-likeness (QED) is 0.387. The molecule has 3 N–H and O–H groups in total. The van der Waals surface area contributed by atoms with Gasteiger partial charge in [-0.1, -0.05) is 29.8 Å². The SMILES string of the molecule is Cc1cccc(S(=O)(=O)Nc2cccc(C(=O)c3cn(C(C)C)c4ncnc(N)c34)c2Cl)c1. The van der Waals surface area contributed by atoms with Crippen LogP contribution in [0.2, 0.25) is 5.02 Å². The van der Waals surface area contributed by atoms with Crippen LogP contribution >= 0.6 is 11.6 Å². The Morgan fingerprint density at radius 3 is 2.55 bits per heavy atom. The van der Waals surface area contributed by atoms with Crippen LogP contribution in [0, 0.1) is 6.92 Å². The van der Waals surface area contributed by atoms with E-state index in [1.807, 2.05) is 18.4 Å². The summed E-state index contributed by atoms with van der Waals surface area (Å²) < 4.78 is 30.0. The number of hydrogen-bond acceptors (Lipinski definition) is 6. The fourth-order valence-electron chi connectivity index (χ4n) is 3.59. The summed E-state index contributed by atoms with van der Waals surface area (Å²) in [5.41, 5.74) is 7.93. The first-order valence-electron chi connectivity index (χ1n) is 10.1. The van der Waals surface area contributed by atoms with Crippen LogP contribution in [0.4, 0.5) is 11.5 Å². The van der Waals surface area contributed by atoms with Crippen LogP contribution < -0.4 is 10.5 Å². The van der Waals surface area contributed by atoms with Gasteiger partial charge in [0, 0.05) is 17.8 Å². The standard InChI is InChI=1S/C23H22ClN5O3S/c1-13(2)29-11-17(19-22(25)26-12-27-23(19)29)21(30)16-8-5-9-18(20(16)24)28-33(31,32)15-7-4-6-14(3)10-15/h4-13,28H,1-3H3,(H2,25,26,27). The van der Waals surface area contributed by atoms with Gasteiger partial charge < -0.3 is 10.3 Å². The maximum atomic E-state index is 13.5. The van der Waals surface area contributed by atoms with Crippen LogP contribution in [0.3, 0.4) is 0 Å². The second-order valence-electron chi connectivity index (χ2n) is 7.92. The zero-order chi connectivity index (χ0) is 23.9. The van der Waals surface area contributed by atoms with Gasteiger partial charge >= 0.3 is 0 Å². The molecule has 2 aromatic heterocycles. The lowest BCUT2D eigenvalue weighted by Crippen LogP contribution is -2.14. The minimum atomic E-state index is -3.90. The minimum Gasteiger partial charge on any atom is -0.383 e. The topological polar surface area (TPSA) is 120 Å². The monoisotopic (exact) mass is 483 g/mol. The van der Waals surface area contributed by atoms with Gasteiger partial charge in [-0.3, -0.25) is 9.52 Å². The zero-order valence-corrected chi connectivity index (χ0v) is 19.8. The predicted molar refractivity (Wildman–Crippen MR) is 129 cm³/mol. The predicted octanol–water partition coefficient (Wildman–Crippen LogP) is 4.59. The molecule has 4 aromatic rings. The summed E-state index contributed by atoms with van der Waals surface area (Å²) in [6.07, 6.45) is 3.01. The normalized spacial score (nSPS) is 11.8. The highest BCUT2D eigenvalue weighted by molar-refractivity contribution is 7.92. The Bertz CT molecular complexity index is 1500. The highest BCUT2D eigenvalue weighted by Gasteiger charge is 2.25. The maximum Gasteiger partial charge on any atom is 0.261 e. The molecule has 0 aliphatic heterocycles. The number of halogens is 1. The number of nitrogens with two attached hydrogens (primary N) is 1. The molecule has 2 heterocycles. The minimum absolute atomic E-state index is 0.0143. The number of hydrogen-bond donors (Lipinski definition) is 2. The van der Waals surface area contributed by atoms with E-state index in [9.17, 15) is 13.2 Å². The molecule has 0 fully saturated rings. The zero-order valence-electron chi connectivity index (χ0n) is 18.2. The van der Waals surface area contributed by atoms with Crippen molar-refractivity contribution in [3.8, 4) is 0 Å². The van der Waals surface area contributed by atoms with E-state index in [1.165, 1.54) is 24.5 Å². The maximum absolute atomic E-state index is 13.5. The molecule has 0 aliphatic carbocycles. The first-order chi connectivity index (χ1) is 15.6. The van der Waals surface area contributed by atoms with Crippen molar-refractivity contribution in [1.82, 2.24) is 14.5 Å². The Morgan fingerprint density at radius 1 is 1.12 bits per heavy atom. The molecule has 0 unspecified atom stereocenters. The van der Waals surface area contributed by atoms with Crippen molar-refractivity contribution in [2.24, 2.45) is 0 Å². The number of nitrogens with zero attached hydrogens (tertiary/aromatic N) is 3. The molecule has 0 atom stereocenters. The van der Waals surface area contributed by atoms with Gasteiger partial charge in [-0.25, -0.2) is 18.4 Å². The van der Waals surface area contributed by atoms with Crippen LogP contribution in [0.5, 0.6) is 0 Å². The number of carbonyl (C=O) groups excluding carboxylic acids is 1. The van der Waals surface area contributed by atoms with Gasteiger partial charge in [0.2, 0.25) is 0 Å². The first kappa shape index (κ1) is 22.8. The number of sulfonamides is 1. The number of nitrogens with one attached hydrogen (secondary N) is 1. The lowest BCUT2D eigenvalue weighted by molar-refractivity contribution is 0.104. The number of fused-ring (bicyclic) bond motifs is 1. The van der Waals surface area contributed by atoms with Crippen molar-refractivity contribution >= 4 is 49.9 Å². The molecule has 0 bridgehead atoms. The van der Waals surface area contributed by atoms with Crippen LogP contribution in [-0.2, 0) is 10.0 Å². The Balaban J connectivity index is 1.78. The summed E-state index contributed by atoms with van der Waals surface area (Å²) in [5, 5.41) is 0.414. The largest absolute Gasteiger partial charge is 0.383 e. The van der Waals surface area contributed by atoms with Gasteiger partial charge in [0.05, 0.1) is 26.6 Å². The van der Waals surface area contributed by atoms with Crippen molar-refractivity contribution in [3.05, 3.63) is 76.7 Å². The molecular formula is C23H22ClN5O3S. The molecule has 170 valence electrons. The smallest absolute Gasteiger partial charge is 0.261 e. The Morgan fingerprint density at radius 2 is 1.85 bits per heavy atom. The van der Waals surface area contributed by atoms with Crippen molar-refractivity contribution < 1.29 is 13.2 Å². The molecule has 0 spiro atoms. The lowest BCUT2D eigenvalue weighted by atomic mass is 10.0. The van der Waals surface area contributed by atoms with Crippen molar-refractivity contribution in [1.29, 1.82) is 0 Å². The molecule has 33 heavy (non-hydrogen) atoms. The second-order valence-corrected chi connectivity index (χ2v) is 9.98. The number of nitrogen functional groups attached to an aromatic ring is 1. The average Bonchev–Trinajstić information content (AvgIpc) is 3.16. The molecule has 10 heteroatoms. The molecule has 0 radical (unpaired) electrons. The van der Waals surface area contributed by atoms with E-state index < -0.39 is 15.8 Å². The molecule has 8 nitrogen and oxygen atoms in total. The fraction of sp³-hybridized carbons (Fsp3) is 0.174. The average molecular weight is 484 g/mol. The number of aryl methyl sites for hydroxylation is 1. The molecule has 2 aromatic carbocycles. The summed E-state index contributed by atoms with van der Waals surface area (Å²) in [6.45, 7) is 5.72. The molecule has 0 amide bonds. The van der Waals surface area contributed by atoms with Gasteiger partial charge in [-0.05, 0) is 50.6 Å². The third-order valence-electron chi connectivity index (χ3n) is 5.23. The van der Waals surface area contributed by atoms with Crippen LogP contribution in [0.15, 0.2) is 59.9 Å². The van der Waals surface area contributed by atoms with Gasteiger partial charge in [-0.15, -0.1) is 0 Å². The Kier molecular flexibility index (Phi) is 5.85. The highest BCUT2D eigenvalue weighted by Crippen LogP contribution is 2.33. The summed E-state index contributed by atoms with van der Waals surface area (Å²) >= 11 is 6.52. The Hall–Kier alpha value is -3.43. The van der Waals surface area contributed by atoms with Crippen molar-refractivity contribution in [2.45, 2.75) is 31.7 Å². The number of rotatable bonds is 6. The van der Waals surface area contributed by atoms with Crippen molar-refractivity contribution in [3.63, 3.8) is 0 Å². The van der Waals surface area contributed by atoms with Crippen molar-refractivity contribution in [2.75, 3.05) is 10.5 Å². The molecule has 0 saturated carbocycles. The van der Waals surface area contributed by atoms with E-state index in [1.54, 1.807) is 37.4 Å². The molecule has 0 saturated heterocycles. The van der Waals surface area contributed by atoms with Gasteiger partial charge in [-0.2, -0.15) is 0 Å². The van der Waals surface area contributed by atoms with E-state index in [2.05, 4.69) is 14.7 Å². The third kappa shape index (κ3) is 4.17. The third-order valence-corrected chi connectivity index (χ3v) is 7.00. The summed E-state index contributed by atoms with van der Waals surface area (Å²) in [4.78, 5) is 21.9. The number of aromatic nitrogens is 3. The number of carbonyl (C=O) groups is 1. The van der Waals surface area contributed by atoms with E-state index in [0.717, 1.165) is 5.56 Å². The highest BCUT2D eigenvalue weighted by atomic mass is 35.5. The number of benzene rings is 2. The van der Waals surface area contributed by atoms with Gasteiger partial charge in [0.15, 0.2) is 5.78 Å². The van der Waals surface area contributed by atoms with Crippen LogP contribution in [-0.4, -0.2) is 28.7 Å². The number of ketones is 1. The van der Waals surface area contributed by atoms with E-state index in [0.29, 0.717) is 11.0 Å². The summed E-state index contributed by atoms with van der Waals surface area (Å²) in [7, 11) is -3.90.